The molecular formula is C17H24N2O7S2. The highest BCUT2D eigenvalue weighted by molar-refractivity contribution is 7.99. The first kappa shape index (κ1) is 22.5. The van der Waals surface area contributed by atoms with E-state index in [1.807, 2.05) is 0 Å². The van der Waals surface area contributed by atoms with E-state index >= 15 is 0 Å². The fourth-order valence-electron chi connectivity index (χ4n) is 2.48. The van der Waals surface area contributed by atoms with Crippen molar-refractivity contribution in [1.82, 2.24) is 4.31 Å². The summed E-state index contributed by atoms with van der Waals surface area (Å²) in [5, 5.41) is 2.68. The number of nitrogens with one attached hydrogen (secondary N) is 1. The number of anilines is 1. The van der Waals surface area contributed by atoms with Gasteiger partial charge in [0.2, 0.25) is 15.9 Å². The fourth-order valence-corrected chi connectivity index (χ4v) is 4.83. The lowest BCUT2D eigenvalue weighted by atomic mass is 10.3. The van der Waals surface area contributed by atoms with E-state index in [-0.39, 0.29) is 47.8 Å². The predicted molar refractivity (Wildman–Crippen MR) is 105 cm³/mol. The topological polar surface area (TPSA) is 111 Å². The lowest BCUT2D eigenvalue weighted by molar-refractivity contribution is -0.137. The summed E-state index contributed by atoms with van der Waals surface area (Å²) in [6.07, 6.45) is 0.180. The minimum absolute atomic E-state index is 0.00485. The molecule has 11 heteroatoms. The van der Waals surface area contributed by atoms with Gasteiger partial charge in [-0.05, 0) is 18.2 Å². The highest BCUT2D eigenvalue weighted by atomic mass is 32.2. The van der Waals surface area contributed by atoms with E-state index in [1.165, 1.54) is 42.4 Å². The van der Waals surface area contributed by atoms with Crippen LogP contribution in [0.4, 0.5) is 5.69 Å². The minimum Gasteiger partial charge on any atom is -0.495 e. The van der Waals surface area contributed by atoms with E-state index in [2.05, 4.69) is 10.1 Å². The number of ether oxygens (including phenoxy) is 3. The van der Waals surface area contributed by atoms with Crippen LogP contribution in [-0.2, 0) is 29.1 Å². The second-order valence-electron chi connectivity index (χ2n) is 5.81. The van der Waals surface area contributed by atoms with Crippen LogP contribution in [0.25, 0.3) is 0 Å². The van der Waals surface area contributed by atoms with Gasteiger partial charge in [-0.15, -0.1) is 11.8 Å². The van der Waals surface area contributed by atoms with Crippen molar-refractivity contribution >= 4 is 39.3 Å². The second kappa shape index (κ2) is 10.6. The smallest absolute Gasteiger partial charge is 0.315 e. The van der Waals surface area contributed by atoms with Crippen LogP contribution in [0.15, 0.2) is 23.1 Å². The quantitative estimate of drug-likeness (QED) is 0.454. The average molecular weight is 433 g/mol. The number of methoxy groups -OCH3 is 2. The van der Waals surface area contributed by atoms with Crippen molar-refractivity contribution in [2.45, 2.75) is 11.3 Å². The molecule has 1 N–H and O–H groups in total. The number of hydrogen-bond donors (Lipinski definition) is 1. The maximum Gasteiger partial charge on any atom is 0.315 e. The SMILES string of the molecule is COC(=O)CSCCC(=O)Nc1ccc(OC)c(S(=O)(=O)N2CCOCC2)c1. The van der Waals surface area contributed by atoms with Gasteiger partial charge >= 0.3 is 5.97 Å². The van der Waals surface area contributed by atoms with Gasteiger partial charge in [-0.3, -0.25) is 9.59 Å². The largest absolute Gasteiger partial charge is 0.495 e. The van der Waals surface area contributed by atoms with Crippen molar-refractivity contribution in [2.24, 2.45) is 0 Å². The molecule has 0 spiro atoms. The zero-order chi connectivity index (χ0) is 20.6. The van der Waals surface area contributed by atoms with E-state index in [1.54, 1.807) is 6.07 Å². The molecular weight excluding hydrogens is 408 g/mol. The molecule has 1 heterocycles. The molecule has 1 aromatic rings. The molecule has 28 heavy (non-hydrogen) atoms. The average Bonchev–Trinajstić information content (AvgIpc) is 2.71. The van der Waals surface area contributed by atoms with Crippen molar-refractivity contribution in [2.75, 3.05) is 57.3 Å². The summed E-state index contributed by atoms with van der Waals surface area (Å²) >= 11 is 1.29. The molecule has 0 aliphatic carbocycles. The van der Waals surface area contributed by atoms with Crippen LogP contribution in [0.1, 0.15) is 6.42 Å². The van der Waals surface area contributed by atoms with E-state index in [9.17, 15) is 18.0 Å². The van der Waals surface area contributed by atoms with Crippen LogP contribution in [0, 0.1) is 0 Å². The third kappa shape index (κ3) is 6.09. The summed E-state index contributed by atoms with van der Waals surface area (Å²) in [6.45, 7) is 1.20. The zero-order valence-electron chi connectivity index (χ0n) is 15.8. The van der Waals surface area contributed by atoms with Gasteiger partial charge in [0.15, 0.2) is 0 Å². The first-order chi connectivity index (χ1) is 13.4. The Balaban J connectivity index is 2.05. The highest BCUT2D eigenvalue weighted by Gasteiger charge is 2.29. The molecule has 2 rings (SSSR count). The van der Waals surface area contributed by atoms with Crippen LogP contribution in [0.3, 0.4) is 0 Å². The molecule has 0 bridgehead atoms. The van der Waals surface area contributed by atoms with Gasteiger partial charge < -0.3 is 19.5 Å². The number of morpholine rings is 1. The summed E-state index contributed by atoms with van der Waals surface area (Å²) in [6, 6.07) is 4.48. The molecule has 0 saturated carbocycles. The Kier molecular flexibility index (Phi) is 8.55. The summed E-state index contributed by atoms with van der Waals surface area (Å²) in [5.74, 6) is 0.193. The van der Waals surface area contributed by atoms with Gasteiger partial charge in [-0.25, -0.2) is 8.42 Å². The number of nitrogens with zero attached hydrogens (tertiary/aromatic N) is 1. The summed E-state index contributed by atoms with van der Waals surface area (Å²) in [5.41, 5.74) is 0.357. The molecule has 1 aromatic carbocycles. The van der Waals surface area contributed by atoms with Crippen molar-refractivity contribution in [3.63, 3.8) is 0 Å². The molecule has 0 radical (unpaired) electrons. The number of benzene rings is 1. The van der Waals surface area contributed by atoms with E-state index in [0.717, 1.165) is 0 Å². The zero-order valence-corrected chi connectivity index (χ0v) is 17.4. The van der Waals surface area contributed by atoms with Crippen LogP contribution in [0.5, 0.6) is 5.75 Å². The van der Waals surface area contributed by atoms with Crippen LogP contribution in [0.2, 0.25) is 0 Å². The molecule has 156 valence electrons. The Labute approximate surface area is 168 Å². The molecule has 1 amide bonds. The number of rotatable bonds is 9. The number of hydrogen-bond acceptors (Lipinski definition) is 8. The van der Waals surface area contributed by atoms with E-state index < -0.39 is 10.0 Å². The molecule has 1 saturated heterocycles. The second-order valence-corrected chi connectivity index (χ2v) is 8.82. The highest BCUT2D eigenvalue weighted by Crippen LogP contribution is 2.30. The minimum atomic E-state index is -3.77. The van der Waals surface area contributed by atoms with Crippen molar-refractivity contribution in [3.8, 4) is 5.75 Å². The van der Waals surface area contributed by atoms with Gasteiger partial charge in [0.25, 0.3) is 0 Å². The number of esters is 1. The number of amides is 1. The Morgan fingerprint density at radius 2 is 1.96 bits per heavy atom. The van der Waals surface area contributed by atoms with Gasteiger partial charge in [0.1, 0.15) is 10.6 Å². The predicted octanol–water partition coefficient (Wildman–Crippen LogP) is 0.951. The van der Waals surface area contributed by atoms with E-state index in [0.29, 0.717) is 24.7 Å². The van der Waals surface area contributed by atoms with Crippen molar-refractivity contribution in [3.05, 3.63) is 18.2 Å². The third-order valence-corrected chi connectivity index (χ3v) is 6.81. The van der Waals surface area contributed by atoms with E-state index in [4.69, 9.17) is 9.47 Å². The van der Waals surface area contributed by atoms with Crippen LogP contribution in [-0.4, -0.2) is 76.6 Å². The lowest BCUT2D eigenvalue weighted by Crippen LogP contribution is -2.40. The van der Waals surface area contributed by atoms with Gasteiger partial charge in [-0.1, -0.05) is 0 Å². The first-order valence-corrected chi connectivity index (χ1v) is 11.2. The van der Waals surface area contributed by atoms with Gasteiger partial charge in [0, 0.05) is 31.0 Å². The molecule has 0 unspecified atom stereocenters. The summed E-state index contributed by atoms with van der Waals surface area (Å²) in [7, 11) is -1.07. The third-order valence-electron chi connectivity index (χ3n) is 3.96. The van der Waals surface area contributed by atoms with Crippen molar-refractivity contribution < 1.29 is 32.2 Å². The maximum atomic E-state index is 12.9. The summed E-state index contributed by atoms with van der Waals surface area (Å²) in [4.78, 5) is 23.1. The number of carbonyl (C=O) groups is 2. The standard InChI is InChI=1S/C17H24N2O7S2/c1-24-14-4-3-13(18-16(20)5-10-27-12-17(21)25-2)11-15(14)28(22,23)19-6-8-26-9-7-19/h3-4,11H,5-10,12H2,1-2H3,(H,18,20). The van der Waals surface area contributed by atoms with Crippen molar-refractivity contribution in [1.29, 1.82) is 0 Å². The first-order valence-electron chi connectivity index (χ1n) is 8.59. The number of carbonyl (C=O) groups excluding carboxylic acids is 2. The summed E-state index contributed by atoms with van der Waals surface area (Å²) < 4.78 is 42.1. The lowest BCUT2D eigenvalue weighted by Gasteiger charge is -2.26. The Hall–Kier alpha value is -1.82. The Bertz CT molecular complexity index is 793. The molecule has 0 atom stereocenters. The molecule has 9 nitrogen and oxygen atoms in total. The fraction of sp³-hybridized carbons (Fsp3) is 0.529. The normalized spacial score (nSPS) is 15.1. The number of thioether (sulfide) groups is 1. The molecule has 1 aliphatic heterocycles. The van der Waals surface area contributed by atoms with Gasteiger partial charge in [-0.2, -0.15) is 4.31 Å². The monoisotopic (exact) mass is 432 g/mol. The maximum absolute atomic E-state index is 12.9. The Morgan fingerprint density at radius 1 is 1.25 bits per heavy atom. The number of sulfonamides is 1. The van der Waals surface area contributed by atoms with Crippen LogP contribution < -0.4 is 10.1 Å². The molecule has 1 fully saturated rings. The van der Waals surface area contributed by atoms with Gasteiger partial charge in [0.05, 0.1) is 33.2 Å². The molecule has 1 aliphatic rings. The Morgan fingerprint density at radius 3 is 2.61 bits per heavy atom. The molecule has 0 aromatic heterocycles. The van der Waals surface area contributed by atoms with Crippen LogP contribution >= 0.6 is 11.8 Å².